The molecule has 2 aromatic carbocycles. The van der Waals surface area contributed by atoms with E-state index in [0.717, 1.165) is 16.9 Å². The van der Waals surface area contributed by atoms with Crippen molar-refractivity contribution in [3.8, 4) is 0 Å². The first-order chi connectivity index (χ1) is 16.3. The molecule has 0 radical (unpaired) electrons. The predicted molar refractivity (Wildman–Crippen MR) is 129 cm³/mol. The van der Waals surface area contributed by atoms with Crippen molar-refractivity contribution in [2.24, 2.45) is 0 Å². The monoisotopic (exact) mass is 456 g/mol. The molecule has 0 aliphatic carbocycles. The van der Waals surface area contributed by atoms with E-state index in [1.165, 1.54) is 6.08 Å². The van der Waals surface area contributed by atoms with Crippen LogP contribution in [0.2, 0.25) is 0 Å². The van der Waals surface area contributed by atoms with Crippen LogP contribution in [0.4, 0.5) is 10.5 Å². The van der Waals surface area contributed by atoms with E-state index in [-0.39, 0.29) is 11.5 Å². The van der Waals surface area contributed by atoms with Gasteiger partial charge < -0.3 is 0 Å². The van der Waals surface area contributed by atoms with Crippen LogP contribution in [-0.4, -0.2) is 28.4 Å². The molecule has 172 valence electrons. The van der Waals surface area contributed by atoms with Gasteiger partial charge in [-0.3, -0.25) is 29.8 Å². The van der Waals surface area contributed by atoms with Gasteiger partial charge in [0.05, 0.1) is 5.69 Å². The zero-order valence-corrected chi connectivity index (χ0v) is 19.1. The van der Waals surface area contributed by atoms with Crippen LogP contribution in [0.1, 0.15) is 39.8 Å². The van der Waals surface area contributed by atoms with Gasteiger partial charge in [0.15, 0.2) is 0 Å². The van der Waals surface area contributed by atoms with Gasteiger partial charge in [-0.1, -0.05) is 37.3 Å². The van der Waals surface area contributed by atoms with Gasteiger partial charge in [-0.25, -0.2) is 9.69 Å². The molecule has 2 N–H and O–H groups in total. The topological polar surface area (TPSA) is 101 Å². The molecule has 0 spiro atoms. The van der Waals surface area contributed by atoms with Crippen molar-refractivity contribution in [3.05, 3.63) is 94.3 Å². The Morgan fingerprint density at radius 2 is 1.68 bits per heavy atom. The highest BCUT2D eigenvalue weighted by Crippen LogP contribution is 2.24. The third-order valence-electron chi connectivity index (χ3n) is 5.72. The number of aryl methyl sites for hydroxylation is 2. The maximum absolute atomic E-state index is 13.2. The van der Waals surface area contributed by atoms with Gasteiger partial charge in [0.25, 0.3) is 17.7 Å². The SMILES string of the molecule is CCc1ccc(N2C(=O)NC(=O)/C(=C\c3cc(C)n(NC(=O)c4ccccc4)c3C)C2=O)cc1. The molecule has 8 heteroatoms. The van der Waals surface area contributed by atoms with Crippen molar-refractivity contribution in [1.82, 2.24) is 9.99 Å². The molecule has 2 heterocycles. The molecule has 1 aromatic heterocycles. The summed E-state index contributed by atoms with van der Waals surface area (Å²) in [4.78, 5) is 51.7. The summed E-state index contributed by atoms with van der Waals surface area (Å²) < 4.78 is 1.60. The van der Waals surface area contributed by atoms with E-state index >= 15 is 0 Å². The van der Waals surface area contributed by atoms with Crippen molar-refractivity contribution in [3.63, 3.8) is 0 Å². The van der Waals surface area contributed by atoms with Crippen LogP contribution in [0.3, 0.4) is 0 Å². The summed E-state index contributed by atoms with van der Waals surface area (Å²) >= 11 is 0. The Kier molecular flexibility index (Phi) is 6.14. The van der Waals surface area contributed by atoms with E-state index in [1.807, 2.05) is 25.1 Å². The summed E-state index contributed by atoms with van der Waals surface area (Å²) in [6.45, 7) is 5.57. The quantitative estimate of drug-likeness (QED) is 0.451. The minimum absolute atomic E-state index is 0.172. The number of hydrogen-bond acceptors (Lipinski definition) is 4. The molecule has 0 unspecified atom stereocenters. The van der Waals surface area contributed by atoms with Crippen LogP contribution in [0.5, 0.6) is 0 Å². The second-order valence-electron chi connectivity index (χ2n) is 7.95. The average molecular weight is 457 g/mol. The lowest BCUT2D eigenvalue weighted by Crippen LogP contribution is -2.54. The standard InChI is InChI=1S/C26H24N4O4/c1-4-18-10-12-21(13-11-18)29-25(33)22(24(32)27-26(29)34)15-20-14-16(2)30(17(20)3)28-23(31)19-8-6-5-7-9-19/h5-15H,4H2,1-3H3,(H,28,31)(H,27,32,34)/b22-15+. The van der Waals surface area contributed by atoms with Crippen molar-refractivity contribution in [2.45, 2.75) is 27.2 Å². The number of amides is 5. The fraction of sp³-hybridized carbons (Fsp3) is 0.154. The van der Waals surface area contributed by atoms with Crippen molar-refractivity contribution in [2.75, 3.05) is 10.3 Å². The third kappa shape index (κ3) is 4.25. The van der Waals surface area contributed by atoms with Crippen LogP contribution < -0.4 is 15.6 Å². The van der Waals surface area contributed by atoms with E-state index in [9.17, 15) is 19.2 Å². The average Bonchev–Trinajstić information content (AvgIpc) is 3.10. The zero-order valence-electron chi connectivity index (χ0n) is 19.1. The fourth-order valence-electron chi connectivity index (χ4n) is 3.79. The van der Waals surface area contributed by atoms with Crippen molar-refractivity contribution < 1.29 is 19.2 Å². The van der Waals surface area contributed by atoms with Gasteiger partial charge in [-0.15, -0.1) is 0 Å². The highest BCUT2D eigenvalue weighted by Gasteiger charge is 2.37. The Hall–Kier alpha value is -4.46. The van der Waals surface area contributed by atoms with Gasteiger partial charge in [0, 0.05) is 17.0 Å². The van der Waals surface area contributed by atoms with Crippen molar-refractivity contribution >= 4 is 35.5 Å². The van der Waals surface area contributed by atoms with E-state index < -0.39 is 17.8 Å². The summed E-state index contributed by atoms with van der Waals surface area (Å²) in [5.74, 6) is -1.77. The maximum atomic E-state index is 13.2. The lowest BCUT2D eigenvalue weighted by atomic mass is 10.1. The van der Waals surface area contributed by atoms with Gasteiger partial charge in [-0.05, 0) is 67.8 Å². The molecule has 1 aliphatic rings. The maximum Gasteiger partial charge on any atom is 0.335 e. The molecule has 34 heavy (non-hydrogen) atoms. The highest BCUT2D eigenvalue weighted by atomic mass is 16.2. The first-order valence-electron chi connectivity index (χ1n) is 10.9. The molecule has 3 aromatic rings. The van der Waals surface area contributed by atoms with Crippen LogP contribution in [0.15, 0.2) is 66.2 Å². The summed E-state index contributed by atoms with van der Waals surface area (Å²) in [7, 11) is 0. The summed E-state index contributed by atoms with van der Waals surface area (Å²) in [6, 6.07) is 16.8. The second-order valence-corrected chi connectivity index (χ2v) is 7.95. The van der Waals surface area contributed by atoms with E-state index in [0.29, 0.717) is 28.2 Å². The molecule has 1 fully saturated rings. The number of carbonyl (C=O) groups excluding carboxylic acids is 4. The number of benzene rings is 2. The fourth-order valence-corrected chi connectivity index (χ4v) is 3.79. The molecular formula is C26H24N4O4. The number of barbiturate groups is 1. The molecule has 5 amide bonds. The molecule has 1 aliphatic heterocycles. The Morgan fingerprint density at radius 1 is 1.00 bits per heavy atom. The van der Waals surface area contributed by atoms with Crippen LogP contribution in [0, 0.1) is 13.8 Å². The van der Waals surface area contributed by atoms with Crippen molar-refractivity contribution in [1.29, 1.82) is 0 Å². The molecule has 0 bridgehead atoms. The largest absolute Gasteiger partial charge is 0.335 e. The molecule has 1 saturated heterocycles. The van der Waals surface area contributed by atoms with E-state index in [4.69, 9.17) is 0 Å². The number of hydrogen-bond donors (Lipinski definition) is 2. The zero-order chi connectivity index (χ0) is 24.4. The number of carbonyl (C=O) groups is 4. The number of anilines is 1. The molecule has 8 nitrogen and oxygen atoms in total. The minimum atomic E-state index is -0.794. The Bertz CT molecular complexity index is 1320. The van der Waals surface area contributed by atoms with Gasteiger partial charge in [-0.2, -0.15) is 0 Å². The highest BCUT2D eigenvalue weighted by molar-refractivity contribution is 6.39. The summed E-state index contributed by atoms with van der Waals surface area (Å²) in [5.41, 5.74) is 6.50. The van der Waals surface area contributed by atoms with Crippen LogP contribution in [-0.2, 0) is 16.0 Å². The number of urea groups is 1. The number of aromatic nitrogens is 1. The second kappa shape index (κ2) is 9.19. The van der Waals surface area contributed by atoms with E-state index in [1.54, 1.807) is 61.0 Å². The van der Waals surface area contributed by atoms with Crippen LogP contribution >= 0.6 is 0 Å². The Balaban J connectivity index is 1.65. The summed E-state index contributed by atoms with van der Waals surface area (Å²) in [5, 5.41) is 2.23. The van der Waals surface area contributed by atoms with Gasteiger partial charge in [0.1, 0.15) is 5.57 Å². The number of rotatable bonds is 5. The minimum Gasteiger partial charge on any atom is -0.273 e. The number of imide groups is 2. The Labute approximate surface area is 196 Å². The normalized spacial score (nSPS) is 15.0. The number of nitrogens with one attached hydrogen (secondary N) is 2. The first kappa shape index (κ1) is 22.7. The lowest BCUT2D eigenvalue weighted by molar-refractivity contribution is -0.122. The van der Waals surface area contributed by atoms with Gasteiger partial charge >= 0.3 is 6.03 Å². The number of nitrogens with zero attached hydrogens (tertiary/aromatic N) is 2. The van der Waals surface area contributed by atoms with E-state index in [2.05, 4.69) is 10.7 Å². The smallest absolute Gasteiger partial charge is 0.273 e. The summed E-state index contributed by atoms with van der Waals surface area (Å²) in [6.07, 6.45) is 2.26. The lowest BCUT2D eigenvalue weighted by Gasteiger charge is -2.26. The van der Waals surface area contributed by atoms with Crippen LogP contribution in [0.25, 0.3) is 6.08 Å². The molecule has 0 atom stereocenters. The molecule has 4 rings (SSSR count). The first-order valence-corrected chi connectivity index (χ1v) is 10.9. The Morgan fingerprint density at radius 3 is 2.32 bits per heavy atom. The predicted octanol–water partition coefficient (Wildman–Crippen LogP) is 3.72. The third-order valence-corrected chi connectivity index (χ3v) is 5.72. The van der Waals surface area contributed by atoms with Gasteiger partial charge in [0.2, 0.25) is 0 Å². The molecular weight excluding hydrogens is 432 g/mol. The molecule has 0 saturated carbocycles.